The van der Waals surface area contributed by atoms with Gasteiger partial charge in [0.1, 0.15) is 0 Å². The molecule has 0 aromatic heterocycles. The molecule has 0 spiro atoms. The van der Waals surface area contributed by atoms with Crippen molar-refractivity contribution in [2.75, 3.05) is 6.61 Å². The van der Waals surface area contributed by atoms with Gasteiger partial charge in [0.15, 0.2) is 0 Å². The lowest BCUT2D eigenvalue weighted by molar-refractivity contribution is -0.123. The van der Waals surface area contributed by atoms with Gasteiger partial charge >= 0.3 is 0 Å². The molecule has 2 atom stereocenters. The van der Waals surface area contributed by atoms with E-state index in [0.29, 0.717) is 12.8 Å². The van der Waals surface area contributed by atoms with Gasteiger partial charge in [-0.1, -0.05) is 181 Å². The molecule has 0 saturated heterocycles. The van der Waals surface area contributed by atoms with Crippen LogP contribution >= 0.6 is 0 Å². The van der Waals surface area contributed by atoms with E-state index >= 15 is 0 Å². The number of hydrogen-bond donors (Lipinski definition) is 3. The van der Waals surface area contributed by atoms with Gasteiger partial charge in [0.05, 0.1) is 18.8 Å². The molecule has 0 bridgehead atoms. The van der Waals surface area contributed by atoms with E-state index in [1.54, 1.807) is 0 Å². The Bertz CT molecular complexity index is 1010. The van der Waals surface area contributed by atoms with E-state index in [2.05, 4.69) is 129 Å². The van der Waals surface area contributed by atoms with Crippen molar-refractivity contribution in [1.82, 2.24) is 5.32 Å². The Morgan fingerprint density at radius 1 is 0.500 bits per heavy atom. The van der Waals surface area contributed by atoms with Crippen LogP contribution < -0.4 is 5.32 Å². The highest BCUT2D eigenvalue weighted by molar-refractivity contribution is 5.76. The van der Waals surface area contributed by atoms with Crippen LogP contribution in [0.3, 0.4) is 0 Å². The average molecular weight is 690 g/mol. The SMILES string of the molecule is CC/C=C\C/C=C\C/C=C\C/C=C\C/C=C\C/C=C\C/C=C\C/C=C\C/C=C\CCCC(=O)NC(CO)C(O)CCCCCCCCCCC. The Kier molecular flexibility index (Phi) is 38.1. The molecule has 4 nitrogen and oxygen atoms in total. The molecule has 0 aromatic carbocycles. The zero-order valence-electron chi connectivity index (χ0n) is 32.1. The lowest BCUT2D eigenvalue weighted by atomic mass is 10.0. The fraction of sp³-hybridized carbons (Fsp3) is 0.587. The van der Waals surface area contributed by atoms with Gasteiger partial charge in [0.2, 0.25) is 5.91 Å². The van der Waals surface area contributed by atoms with Gasteiger partial charge in [-0.3, -0.25) is 4.79 Å². The fourth-order valence-electron chi connectivity index (χ4n) is 5.24. The Balaban J connectivity index is 3.76. The first kappa shape index (κ1) is 47.0. The Labute approximate surface area is 308 Å². The van der Waals surface area contributed by atoms with Crippen molar-refractivity contribution >= 4 is 5.91 Å². The number of hydrogen-bond acceptors (Lipinski definition) is 3. The lowest BCUT2D eigenvalue weighted by Gasteiger charge is -2.22. The smallest absolute Gasteiger partial charge is 0.220 e. The standard InChI is InChI=1S/C46H75NO3/c1-3-5-7-9-11-13-14-15-16-17-18-19-20-21-22-23-24-25-26-27-28-29-30-31-32-34-36-38-40-42-46(50)47-44(43-48)45(49)41-39-37-35-33-12-10-8-6-4-2/h5,7,11,13,15-16,18-19,21-22,24-25,27-28,30-31,34,36,44-45,48-49H,3-4,6,8-10,12,14,17,20,23,26,29,32-33,35,37-43H2,1-2H3,(H,47,50)/b7-5-,13-11-,16-15-,19-18-,22-21-,25-24-,28-27-,31-30-,36-34-. The van der Waals surface area contributed by atoms with Crippen LogP contribution in [-0.4, -0.2) is 34.9 Å². The summed E-state index contributed by atoms with van der Waals surface area (Å²) in [6.45, 7) is 4.17. The number of nitrogens with one attached hydrogen (secondary N) is 1. The summed E-state index contributed by atoms with van der Waals surface area (Å²) in [7, 11) is 0. The topological polar surface area (TPSA) is 69.6 Å². The molecule has 0 radical (unpaired) electrons. The minimum absolute atomic E-state index is 0.0979. The molecule has 0 fully saturated rings. The van der Waals surface area contributed by atoms with E-state index < -0.39 is 12.1 Å². The molecule has 0 rings (SSSR count). The van der Waals surface area contributed by atoms with Crippen molar-refractivity contribution in [3.63, 3.8) is 0 Å². The second-order valence-corrected chi connectivity index (χ2v) is 13.0. The molecule has 0 aliphatic rings. The van der Waals surface area contributed by atoms with Crippen LogP contribution in [0.1, 0.15) is 155 Å². The summed E-state index contributed by atoms with van der Waals surface area (Å²) in [4.78, 5) is 12.3. The molecule has 0 saturated carbocycles. The summed E-state index contributed by atoms with van der Waals surface area (Å²) in [6.07, 6.45) is 61.6. The van der Waals surface area contributed by atoms with E-state index in [-0.39, 0.29) is 12.5 Å². The number of unbranched alkanes of at least 4 members (excludes halogenated alkanes) is 9. The normalized spacial score (nSPS) is 14.2. The molecular weight excluding hydrogens is 615 g/mol. The molecule has 4 heteroatoms. The average Bonchev–Trinajstić information content (AvgIpc) is 3.12. The fourth-order valence-corrected chi connectivity index (χ4v) is 5.24. The first-order chi connectivity index (χ1) is 24.7. The summed E-state index contributed by atoms with van der Waals surface area (Å²) in [5.74, 6) is -0.0979. The van der Waals surface area contributed by atoms with Gasteiger partial charge in [-0.05, 0) is 77.0 Å². The summed E-state index contributed by atoms with van der Waals surface area (Å²) in [6, 6.07) is -0.572. The van der Waals surface area contributed by atoms with E-state index in [1.807, 2.05) is 0 Å². The first-order valence-corrected chi connectivity index (χ1v) is 20.1. The number of allylic oxidation sites excluding steroid dienone is 18. The molecular formula is C46H75NO3. The third-order valence-electron chi connectivity index (χ3n) is 8.30. The van der Waals surface area contributed by atoms with Gasteiger partial charge in [-0.15, -0.1) is 0 Å². The summed E-state index contributed by atoms with van der Waals surface area (Å²) >= 11 is 0. The van der Waals surface area contributed by atoms with Gasteiger partial charge in [-0.25, -0.2) is 0 Å². The molecule has 50 heavy (non-hydrogen) atoms. The van der Waals surface area contributed by atoms with Crippen LogP contribution in [0.25, 0.3) is 0 Å². The minimum Gasteiger partial charge on any atom is -0.394 e. The van der Waals surface area contributed by atoms with Crippen molar-refractivity contribution in [3.05, 3.63) is 109 Å². The van der Waals surface area contributed by atoms with Crippen LogP contribution in [0.4, 0.5) is 0 Å². The van der Waals surface area contributed by atoms with Crippen LogP contribution in [0.2, 0.25) is 0 Å². The monoisotopic (exact) mass is 690 g/mol. The lowest BCUT2D eigenvalue weighted by Crippen LogP contribution is -2.45. The van der Waals surface area contributed by atoms with Gasteiger partial charge < -0.3 is 15.5 Å². The third-order valence-corrected chi connectivity index (χ3v) is 8.30. The quantitative estimate of drug-likeness (QED) is 0.0465. The molecule has 3 N–H and O–H groups in total. The summed E-state index contributed by atoms with van der Waals surface area (Å²) in [5, 5.41) is 22.9. The summed E-state index contributed by atoms with van der Waals surface area (Å²) in [5.41, 5.74) is 0. The van der Waals surface area contributed by atoms with Crippen LogP contribution in [0.5, 0.6) is 0 Å². The predicted molar refractivity (Wildman–Crippen MR) is 220 cm³/mol. The largest absolute Gasteiger partial charge is 0.394 e. The zero-order valence-corrected chi connectivity index (χ0v) is 32.1. The predicted octanol–water partition coefficient (Wildman–Crippen LogP) is 12.5. The second kappa shape index (κ2) is 40.5. The summed E-state index contributed by atoms with van der Waals surface area (Å²) < 4.78 is 0. The maximum atomic E-state index is 12.3. The Hall–Kier alpha value is -2.95. The van der Waals surface area contributed by atoms with Crippen LogP contribution in [0, 0.1) is 0 Å². The molecule has 282 valence electrons. The number of carbonyl (C=O) groups is 1. The molecule has 0 aliphatic carbocycles. The van der Waals surface area contributed by atoms with Crippen molar-refractivity contribution < 1.29 is 15.0 Å². The molecule has 0 aromatic rings. The number of carbonyl (C=O) groups excluding carboxylic acids is 1. The van der Waals surface area contributed by atoms with Gasteiger partial charge in [-0.2, -0.15) is 0 Å². The zero-order chi connectivity index (χ0) is 36.4. The third kappa shape index (κ3) is 36.3. The van der Waals surface area contributed by atoms with E-state index in [4.69, 9.17) is 0 Å². The highest BCUT2D eigenvalue weighted by Crippen LogP contribution is 2.13. The van der Waals surface area contributed by atoms with Crippen LogP contribution in [0.15, 0.2) is 109 Å². The van der Waals surface area contributed by atoms with Crippen molar-refractivity contribution in [2.24, 2.45) is 0 Å². The van der Waals surface area contributed by atoms with Crippen LogP contribution in [-0.2, 0) is 4.79 Å². The maximum Gasteiger partial charge on any atom is 0.220 e. The van der Waals surface area contributed by atoms with E-state index in [0.717, 1.165) is 83.5 Å². The highest BCUT2D eigenvalue weighted by Gasteiger charge is 2.19. The maximum absolute atomic E-state index is 12.3. The number of aliphatic hydroxyl groups is 2. The first-order valence-electron chi connectivity index (χ1n) is 20.1. The number of aliphatic hydroxyl groups excluding tert-OH is 2. The highest BCUT2D eigenvalue weighted by atomic mass is 16.3. The van der Waals surface area contributed by atoms with Gasteiger partial charge in [0, 0.05) is 6.42 Å². The minimum atomic E-state index is -0.688. The number of amides is 1. The molecule has 2 unspecified atom stereocenters. The molecule has 0 heterocycles. The second-order valence-electron chi connectivity index (χ2n) is 13.0. The van der Waals surface area contributed by atoms with E-state index in [1.165, 1.54) is 44.9 Å². The molecule has 1 amide bonds. The van der Waals surface area contributed by atoms with Gasteiger partial charge in [0.25, 0.3) is 0 Å². The van der Waals surface area contributed by atoms with Crippen molar-refractivity contribution in [2.45, 2.75) is 167 Å². The van der Waals surface area contributed by atoms with Crippen molar-refractivity contribution in [3.8, 4) is 0 Å². The van der Waals surface area contributed by atoms with Crippen molar-refractivity contribution in [1.29, 1.82) is 0 Å². The molecule has 0 aliphatic heterocycles. The number of rotatable bonds is 34. The Morgan fingerprint density at radius 2 is 0.860 bits per heavy atom. The Morgan fingerprint density at radius 3 is 1.24 bits per heavy atom. The van der Waals surface area contributed by atoms with E-state index in [9.17, 15) is 15.0 Å².